The summed E-state index contributed by atoms with van der Waals surface area (Å²) in [7, 11) is 0. The van der Waals surface area contributed by atoms with Crippen molar-refractivity contribution in [1.29, 1.82) is 5.26 Å². The van der Waals surface area contributed by atoms with Gasteiger partial charge in [0.15, 0.2) is 0 Å². The van der Waals surface area contributed by atoms with Gasteiger partial charge in [-0.3, -0.25) is 5.32 Å². The van der Waals surface area contributed by atoms with Crippen molar-refractivity contribution in [3.8, 4) is 6.07 Å². The van der Waals surface area contributed by atoms with Gasteiger partial charge in [-0.2, -0.15) is 9.64 Å². The number of aromatic nitrogens is 1. The van der Waals surface area contributed by atoms with Crippen molar-refractivity contribution in [3.05, 3.63) is 42.1 Å². The van der Waals surface area contributed by atoms with Crippen LogP contribution in [0.2, 0.25) is 0 Å². The minimum Gasteiger partial charge on any atom is -0.324 e. The van der Waals surface area contributed by atoms with Crippen molar-refractivity contribution >= 4 is 34.3 Å². The number of hydrogen-bond donors (Lipinski definition) is 1. The molecule has 0 aliphatic carbocycles. The standard InChI is InChI=1S/C19H22N4OS2/c1-19(2,25-16-6-4-3-5-14(16)13-20)15-8-11-23(12-9-15)18(24)22-17-7-10-21-26-17/h3-7,10,15H,8-9,11-12H2,1-2H3,(H,22,24). The van der Waals surface area contributed by atoms with Gasteiger partial charge in [-0.05, 0) is 48.5 Å². The number of likely N-dealkylation sites (tertiary alicyclic amines) is 1. The summed E-state index contributed by atoms with van der Waals surface area (Å²) in [4.78, 5) is 15.3. The Morgan fingerprint density at radius 1 is 1.35 bits per heavy atom. The highest BCUT2D eigenvalue weighted by Gasteiger charge is 2.35. The van der Waals surface area contributed by atoms with Crippen LogP contribution in [-0.2, 0) is 0 Å². The highest BCUT2D eigenvalue weighted by Crippen LogP contribution is 2.43. The number of amides is 2. The van der Waals surface area contributed by atoms with Crippen molar-refractivity contribution in [1.82, 2.24) is 9.27 Å². The summed E-state index contributed by atoms with van der Waals surface area (Å²) >= 11 is 3.06. The summed E-state index contributed by atoms with van der Waals surface area (Å²) < 4.78 is 4.01. The number of piperidine rings is 1. The van der Waals surface area contributed by atoms with Gasteiger partial charge in [-0.15, -0.1) is 11.8 Å². The molecule has 5 nitrogen and oxygen atoms in total. The maximum Gasteiger partial charge on any atom is 0.322 e. The molecule has 1 aliphatic heterocycles. The van der Waals surface area contributed by atoms with Crippen molar-refractivity contribution in [3.63, 3.8) is 0 Å². The molecule has 1 fully saturated rings. The molecule has 26 heavy (non-hydrogen) atoms. The van der Waals surface area contributed by atoms with Crippen molar-refractivity contribution in [2.75, 3.05) is 18.4 Å². The molecular formula is C19H22N4OS2. The lowest BCUT2D eigenvalue weighted by molar-refractivity contribution is 0.173. The maximum atomic E-state index is 12.3. The molecule has 0 radical (unpaired) electrons. The average Bonchev–Trinajstić information content (AvgIpc) is 3.15. The molecular weight excluding hydrogens is 364 g/mol. The molecule has 7 heteroatoms. The van der Waals surface area contributed by atoms with E-state index in [0.29, 0.717) is 5.92 Å². The number of benzene rings is 1. The maximum absolute atomic E-state index is 12.3. The molecule has 0 unspecified atom stereocenters. The van der Waals surface area contributed by atoms with Gasteiger partial charge in [-0.25, -0.2) is 4.79 Å². The van der Waals surface area contributed by atoms with Gasteiger partial charge >= 0.3 is 6.03 Å². The molecule has 2 heterocycles. The first-order valence-electron chi connectivity index (χ1n) is 8.64. The lowest BCUT2D eigenvalue weighted by Gasteiger charge is -2.40. The fourth-order valence-electron chi connectivity index (χ4n) is 3.26. The zero-order valence-electron chi connectivity index (χ0n) is 14.9. The number of nitrogens with one attached hydrogen (secondary N) is 1. The fraction of sp³-hybridized carbons (Fsp3) is 0.421. The number of urea groups is 1. The van der Waals surface area contributed by atoms with E-state index in [1.54, 1.807) is 18.0 Å². The summed E-state index contributed by atoms with van der Waals surface area (Å²) in [5.41, 5.74) is 0.729. The Balaban J connectivity index is 1.58. The van der Waals surface area contributed by atoms with Gasteiger partial charge in [0, 0.05) is 28.9 Å². The van der Waals surface area contributed by atoms with Crippen LogP contribution in [0.15, 0.2) is 41.4 Å². The lowest BCUT2D eigenvalue weighted by atomic mass is 9.86. The molecule has 1 aromatic carbocycles. The van der Waals surface area contributed by atoms with E-state index in [2.05, 4.69) is 29.6 Å². The van der Waals surface area contributed by atoms with E-state index in [1.807, 2.05) is 35.2 Å². The summed E-state index contributed by atoms with van der Waals surface area (Å²) in [5, 5.41) is 13.0. The van der Waals surface area contributed by atoms with Gasteiger partial charge in [0.05, 0.1) is 5.56 Å². The predicted octanol–water partition coefficient (Wildman–Crippen LogP) is 4.83. The number of anilines is 1. The second-order valence-electron chi connectivity index (χ2n) is 6.88. The van der Waals surface area contributed by atoms with E-state index in [-0.39, 0.29) is 10.8 Å². The number of carbonyl (C=O) groups excluding carboxylic acids is 1. The van der Waals surface area contributed by atoms with E-state index >= 15 is 0 Å². The fourth-order valence-corrected chi connectivity index (χ4v) is 5.09. The number of rotatable bonds is 4. The summed E-state index contributed by atoms with van der Waals surface area (Å²) in [6.07, 6.45) is 3.61. The predicted molar refractivity (Wildman–Crippen MR) is 107 cm³/mol. The highest BCUT2D eigenvalue weighted by molar-refractivity contribution is 8.00. The average molecular weight is 387 g/mol. The van der Waals surface area contributed by atoms with Crippen LogP contribution in [0, 0.1) is 17.2 Å². The Morgan fingerprint density at radius 2 is 2.08 bits per heavy atom. The largest absolute Gasteiger partial charge is 0.324 e. The summed E-state index contributed by atoms with van der Waals surface area (Å²) in [5.74, 6) is 0.492. The van der Waals surface area contributed by atoms with Gasteiger partial charge in [0.1, 0.15) is 11.1 Å². The Bertz CT molecular complexity index is 790. The first-order valence-corrected chi connectivity index (χ1v) is 10.2. The normalized spacial score (nSPS) is 15.5. The molecule has 136 valence electrons. The third-order valence-corrected chi connectivity index (χ3v) is 6.91. The topological polar surface area (TPSA) is 69.0 Å². The number of hydrogen-bond acceptors (Lipinski definition) is 5. The van der Waals surface area contributed by atoms with Gasteiger partial charge in [-0.1, -0.05) is 26.0 Å². The number of carbonyl (C=O) groups is 1. The molecule has 1 N–H and O–H groups in total. The van der Waals surface area contributed by atoms with Crippen LogP contribution < -0.4 is 5.32 Å². The van der Waals surface area contributed by atoms with Gasteiger partial charge < -0.3 is 4.90 Å². The van der Waals surface area contributed by atoms with Crippen LogP contribution in [0.3, 0.4) is 0 Å². The van der Waals surface area contributed by atoms with E-state index < -0.39 is 0 Å². The Hall–Kier alpha value is -2.04. The SMILES string of the molecule is CC(C)(Sc1ccccc1C#N)C1CCN(C(=O)Nc2ccns2)CC1. The van der Waals surface area contributed by atoms with Gasteiger partial charge in [0.25, 0.3) is 0 Å². The number of nitriles is 1. The smallest absolute Gasteiger partial charge is 0.322 e. The molecule has 2 aromatic rings. The minimum atomic E-state index is -0.0482. The van der Waals surface area contributed by atoms with Crippen LogP contribution in [-0.4, -0.2) is 33.1 Å². The van der Waals surface area contributed by atoms with Crippen LogP contribution in [0.25, 0.3) is 0 Å². The zero-order chi connectivity index (χ0) is 18.6. The van der Waals surface area contributed by atoms with E-state index in [9.17, 15) is 10.1 Å². The monoisotopic (exact) mass is 386 g/mol. The molecule has 0 spiro atoms. The second kappa shape index (κ2) is 8.11. The molecule has 3 rings (SSSR count). The van der Waals surface area contributed by atoms with Crippen LogP contribution in [0.4, 0.5) is 9.80 Å². The molecule has 0 atom stereocenters. The number of nitrogens with zero attached hydrogens (tertiary/aromatic N) is 3. The van der Waals surface area contributed by atoms with E-state index in [1.165, 1.54) is 11.5 Å². The van der Waals surface area contributed by atoms with Gasteiger partial charge in [0.2, 0.25) is 0 Å². The molecule has 1 aromatic heterocycles. The van der Waals surface area contributed by atoms with Crippen LogP contribution in [0.1, 0.15) is 32.3 Å². The third-order valence-electron chi connectivity index (χ3n) is 4.81. The summed E-state index contributed by atoms with van der Waals surface area (Å²) in [6.45, 7) is 5.98. The Labute approximate surface area is 162 Å². The zero-order valence-corrected chi connectivity index (χ0v) is 16.6. The molecule has 1 saturated heterocycles. The minimum absolute atomic E-state index is 0.00713. The van der Waals surface area contributed by atoms with Crippen molar-refractivity contribution in [2.24, 2.45) is 5.92 Å². The molecule has 0 saturated carbocycles. The summed E-state index contributed by atoms with van der Waals surface area (Å²) in [6, 6.07) is 11.8. The number of thioether (sulfide) groups is 1. The third kappa shape index (κ3) is 4.37. The highest BCUT2D eigenvalue weighted by atomic mass is 32.2. The first-order chi connectivity index (χ1) is 12.5. The van der Waals surface area contributed by atoms with Crippen LogP contribution in [0.5, 0.6) is 0 Å². The van der Waals surface area contributed by atoms with E-state index in [0.717, 1.165) is 41.4 Å². The first kappa shape index (κ1) is 18.7. The quantitative estimate of drug-likeness (QED) is 0.764. The molecule has 2 amide bonds. The molecule has 0 bridgehead atoms. The molecule has 1 aliphatic rings. The van der Waals surface area contributed by atoms with E-state index in [4.69, 9.17) is 0 Å². The Morgan fingerprint density at radius 3 is 2.73 bits per heavy atom. The van der Waals surface area contributed by atoms with Crippen molar-refractivity contribution in [2.45, 2.75) is 36.3 Å². The second-order valence-corrected chi connectivity index (χ2v) is 9.41. The van der Waals surface area contributed by atoms with Crippen LogP contribution >= 0.6 is 23.3 Å². The van der Waals surface area contributed by atoms with Crippen molar-refractivity contribution < 1.29 is 4.79 Å². The lowest BCUT2D eigenvalue weighted by Crippen LogP contribution is -2.44. The Kier molecular flexibility index (Phi) is 5.84.